The van der Waals surface area contributed by atoms with Crippen molar-refractivity contribution in [2.45, 2.75) is 79.6 Å². The Labute approximate surface area is 171 Å². The van der Waals surface area contributed by atoms with E-state index in [1.807, 2.05) is 0 Å². The Morgan fingerprint density at radius 2 is 1.71 bits per heavy atom. The second kappa shape index (κ2) is 6.54. The third-order valence-corrected chi connectivity index (χ3v) is 9.35. The quantitative estimate of drug-likeness (QED) is 0.433. The predicted octanol–water partition coefficient (Wildman–Crippen LogP) is 6.86. The zero-order chi connectivity index (χ0) is 20.3. The number of phenolic OH excluding ortho intramolecular Hbond substituents is 2. The van der Waals surface area contributed by atoms with E-state index in [0.29, 0.717) is 28.4 Å². The SMILES string of the molecule is CC1=CC[C@H]2[C@@](C)(CC[C@H]3C(C)(C)CCC[C@]23C)[C@@H]1Cc1cc(O)ccc1O. The van der Waals surface area contributed by atoms with E-state index in [-0.39, 0.29) is 11.2 Å². The molecule has 3 aliphatic carbocycles. The van der Waals surface area contributed by atoms with Crippen molar-refractivity contribution in [1.29, 1.82) is 0 Å². The molecule has 0 bridgehead atoms. The summed E-state index contributed by atoms with van der Waals surface area (Å²) in [5.74, 6) is 2.51. The van der Waals surface area contributed by atoms with Crippen LogP contribution in [0.5, 0.6) is 11.5 Å². The lowest BCUT2D eigenvalue weighted by Gasteiger charge is -2.65. The van der Waals surface area contributed by atoms with E-state index >= 15 is 0 Å². The first-order valence-corrected chi connectivity index (χ1v) is 11.3. The third-order valence-electron chi connectivity index (χ3n) is 9.35. The maximum atomic E-state index is 10.4. The Morgan fingerprint density at radius 1 is 0.964 bits per heavy atom. The molecular formula is C26H38O2. The second-order valence-electron chi connectivity index (χ2n) is 11.3. The van der Waals surface area contributed by atoms with Crippen LogP contribution in [0.25, 0.3) is 0 Å². The van der Waals surface area contributed by atoms with Crippen LogP contribution in [0.4, 0.5) is 0 Å². The van der Waals surface area contributed by atoms with Crippen LogP contribution in [-0.2, 0) is 6.42 Å². The molecular weight excluding hydrogens is 344 g/mol. The summed E-state index contributed by atoms with van der Waals surface area (Å²) in [6.45, 7) is 12.4. The fourth-order valence-corrected chi connectivity index (χ4v) is 7.96. The Balaban J connectivity index is 1.72. The standard InChI is InChI=1S/C26H38O2/c1-17-7-10-23-25(4,20(17)16-18-15-19(27)8-9-21(18)28)14-11-22-24(2,3)12-6-13-26(22,23)5/h7-9,15,20,22-23,27-28H,6,10-14,16H2,1-5H3/t20-,22+,23+,25+,26+/m1/s1. The van der Waals surface area contributed by atoms with E-state index in [4.69, 9.17) is 0 Å². The number of allylic oxidation sites excluding steroid dienone is 2. The molecule has 28 heavy (non-hydrogen) atoms. The second-order valence-corrected chi connectivity index (χ2v) is 11.3. The summed E-state index contributed by atoms with van der Waals surface area (Å²) in [5, 5.41) is 20.4. The molecule has 2 fully saturated rings. The summed E-state index contributed by atoms with van der Waals surface area (Å²) in [6.07, 6.45) is 11.2. The highest BCUT2D eigenvalue weighted by molar-refractivity contribution is 5.40. The number of aromatic hydroxyl groups is 2. The van der Waals surface area contributed by atoms with Crippen molar-refractivity contribution in [1.82, 2.24) is 0 Å². The fraction of sp³-hybridized carbons (Fsp3) is 0.692. The smallest absolute Gasteiger partial charge is 0.119 e. The fourth-order valence-electron chi connectivity index (χ4n) is 7.96. The van der Waals surface area contributed by atoms with Crippen LogP contribution in [0.1, 0.15) is 78.7 Å². The molecule has 0 heterocycles. The number of rotatable bonds is 2. The first-order valence-electron chi connectivity index (χ1n) is 11.3. The van der Waals surface area contributed by atoms with Gasteiger partial charge in [0.15, 0.2) is 0 Å². The van der Waals surface area contributed by atoms with Gasteiger partial charge < -0.3 is 10.2 Å². The van der Waals surface area contributed by atoms with Crippen LogP contribution in [0.2, 0.25) is 0 Å². The number of fused-ring (bicyclic) bond motifs is 3. The molecule has 5 atom stereocenters. The average molecular weight is 383 g/mol. The molecule has 0 spiro atoms. The zero-order valence-corrected chi connectivity index (χ0v) is 18.4. The lowest BCUT2D eigenvalue weighted by atomic mass is 9.39. The van der Waals surface area contributed by atoms with Crippen LogP contribution in [-0.4, -0.2) is 10.2 Å². The molecule has 4 rings (SSSR count). The summed E-state index contributed by atoms with van der Waals surface area (Å²) >= 11 is 0. The van der Waals surface area contributed by atoms with Gasteiger partial charge in [-0.2, -0.15) is 0 Å². The maximum absolute atomic E-state index is 10.4. The summed E-state index contributed by atoms with van der Waals surface area (Å²) < 4.78 is 0. The van der Waals surface area contributed by atoms with E-state index in [9.17, 15) is 10.2 Å². The van der Waals surface area contributed by atoms with Gasteiger partial charge in [0.05, 0.1) is 0 Å². The van der Waals surface area contributed by atoms with Crippen molar-refractivity contribution in [2.24, 2.45) is 34.0 Å². The molecule has 2 saturated carbocycles. The van der Waals surface area contributed by atoms with Crippen molar-refractivity contribution >= 4 is 0 Å². The average Bonchev–Trinajstić information content (AvgIpc) is 2.60. The minimum atomic E-state index is 0.247. The molecule has 0 amide bonds. The molecule has 0 saturated heterocycles. The van der Waals surface area contributed by atoms with Crippen molar-refractivity contribution in [3.05, 3.63) is 35.4 Å². The zero-order valence-electron chi connectivity index (χ0n) is 18.4. The van der Waals surface area contributed by atoms with Gasteiger partial charge in [0.1, 0.15) is 11.5 Å². The molecule has 0 aliphatic heterocycles. The molecule has 2 N–H and O–H groups in total. The van der Waals surface area contributed by atoms with Gasteiger partial charge >= 0.3 is 0 Å². The van der Waals surface area contributed by atoms with Crippen LogP contribution in [0.15, 0.2) is 29.8 Å². The van der Waals surface area contributed by atoms with Gasteiger partial charge in [0.25, 0.3) is 0 Å². The predicted molar refractivity (Wildman–Crippen MR) is 115 cm³/mol. The van der Waals surface area contributed by atoms with Crippen LogP contribution in [0.3, 0.4) is 0 Å². The van der Waals surface area contributed by atoms with Crippen LogP contribution >= 0.6 is 0 Å². The lowest BCUT2D eigenvalue weighted by Crippen LogP contribution is -2.57. The highest BCUT2D eigenvalue weighted by atomic mass is 16.3. The number of phenols is 2. The maximum Gasteiger partial charge on any atom is 0.119 e. The first-order chi connectivity index (χ1) is 13.1. The van der Waals surface area contributed by atoms with Gasteiger partial charge in [-0.05, 0) is 103 Å². The highest BCUT2D eigenvalue weighted by Crippen LogP contribution is 2.68. The topological polar surface area (TPSA) is 40.5 Å². The van der Waals surface area contributed by atoms with Gasteiger partial charge in [-0.25, -0.2) is 0 Å². The summed E-state index contributed by atoms with van der Waals surface area (Å²) in [4.78, 5) is 0. The van der Waals surface area contributed by atoms with Gasteiger partial charge in [-0.3, -0.25) is 0 Å². The molecule has 0 aromatic heterocycles. The van der Waals surface area contributed by atoms with E-state index in [1.165, 1.54) is 44.1 Å². The molecule has 1 aromatic carbocycles. The van der Waals surface area contributed by atoms with Crippen molar-refractivity contribution in [3.63, 3.8) is 0 Å². The number of hydrogen-bond acceptors (Lipinski definition) is 2. The molecule has 2 nitrogen and oxygen atoms in total. The van der Waals surface area contributed by atoms with Crippen molar-refractivity contribution in [3.8, 4) is 11.5 Å². The van der Waals surface area contributed by atoms with E-state index in [0.717, 1.165) is 17.9 Å². The minimum absolute atomic E-state index is 0.247. The largest absolute Gasteiger partial charge is 0.508 e. The molecule has 3 aliphatic rings. The van der Waals surface area contributed by atoms with Gasteiger partial charge in [-0.1, -0.05) is 45.8 Å². The van der Waals surface area contributed by atoms with E-state index < -0.39 is 0 Å². The Hall–Kier alpha value is -1.44. The van der Waals surface area contributed by atoms with E-state index in [1.54, 1.807) is 18.2 Å². The third kappa shape index (κ3) is 2.90. The first kappa shape index (κ1) is 19.9. The van der Waals surface area contributed by atoms with Crippen LogP contribution < -0.4 is 0 Å². The molecule has 0 unspecified atom stereocenters. The Morgan fingerprint density at radius 3 is 2.46 bits per heavy atom. The summed E-state index contributed by atoms with van der Waals surface area (Å²) in [6, 6.07) is 4.96. The molecule has 2 heteroatoms. The monoisotopic (exact) mass is 382 g/mol. The van der Waals surface area contributed by atoms with Crippen molar-refractivity contribution < 1.29 is 10.2 Å². The van der Waals surface area contributed by atoms with Crippen molar-refractivity contribution in [2.75, 3.05) is 0 Å². The van der Waals surface area contributed by atoms with Crippen LogP contribution in [0, 0.1) is 34.0 Å². The van der Waals surface area contributed by atoms with Gasteiger partial charge in [-0.15, -0.1) is 0 Å². The molecule has 0 radical (unpaired) electrons. The summed E-state index contributed by atoms with van der Waals surface area (Å²) in [5.41, 5.74) is 3.47. The summed E-state index contributed by atoms with van der Waals surface area (Å²) in [7, 11) is 0. The van der Waals surface area contributed by atoms with Gasteiger partial charge in [0, 0.05) is 0 Å². The number of benzene rings is 1. The van der Waals surface area contributed by atoms with Gasteiger partial charge in [0.2, 0.25) is 0 Å². The highest BCUT2D eigenvalue weighted by Gasteiger charge is 2.60. The van der Waals surface area contributed by atoms with E-state index in [2.05, 4.69) is 40.7 Å². The number of hydrogen-bond donors (Lipinski definition) is 2. The molecule has 1 aromatic rings. The minimum Gasteiger partial charge on any atom is -0.508 e. The Bertz CT molecular complexity index is 792. The normalized spacial score (nSPS) is 39.6. The lowest BCUT2D eigenvalue weighted by molar-refractivity contribution is -0.145. The Kier molecular flexibility index (Phi) is 4.64. The molecule has 154 valence electrons.